The third kappa shape index (κ3) is 3.99. The number of hydrogen-bond acceptors (Lipinski definition) is 4. The average molecular weight is 482 g/mol. The fraction of sp³-hybridized carbons (Fsp3) is 0.154. The van der Waals surface area contributed by atoms with E-state index in [0.29, 0.717) is 5.69 Å². The van der Waals surface area contributed by atoms with Crippen LogP contribution in [0.25, 0.3) is 5.76 Å². The molecule has 1 fully saturated rings. The number of rotatable bonds is 4. The minimum atomic E-state index is -0.825. The molecule has 7 heteroatoms. The normalized spacial score (nSPS) is 17.5. The summed E-state index contributed by atoms with van der Waals surface area (Å²) in [4.78, 5) is 27.9. The largest absolute Gasteiger partial charge is 0.507 e. The number of ketones is 1. The second-order valence-electron chi connectivity index (χ2n) is 7.83. The van der Waals surface area contributed by atoms with Crippen molar-refractivity contribution in [2.24, 2.45) is 0 Å². The molecule has 0 aliphatic carbocycles. The molecule has 0 spiro atoms. The van der Waals surface area contributed by atoms with Gasteiger partial charge in [0.2, 0.25) is 0 Å². The molecule has 1 N–H and O–H groups in total. The third-order valence-electron chi connectivity index (χ3n) is 5.72. The van der Waals surface area contributed by atoms with Gasteiger partial charge >= 0.3 is 0 Å². The van der Waals surface area contributed by atoms with E-state index in [0.717, 1.165) is 16.7 Å². The van der Waals surface area contributed by atoms with Crippen molar-refractivity contribution in [1.82, 2.24) is 0 Å². The Kier molecular flexibility index (Phi) is 6.19. The van der Waals surface area contributed by atoms with Gasteiger partial charge in [0.1, 0.15) is 5.76 Å². The molecular formula is C26H21Cl2NO4. The molecule has 0 saturated carbocycles. The van der Waals surface area contributed by atoms with Gasteiger partial charge < -0.3 is 9.84 Å². The predicted octanol–water partition coefficient (Wildman–Crippen LogP) is 6.25. The van der Waals surface area contributed by atoms with Crippen molar-refractivity contribution in [3.8, 4) is 5.75 Å². The van der Waals surface area contributed by atoms with Gasteiger partial charge in [-0.2, -0.15) is 0 Å². The van der Waals surface area contributed by atoms with Crippen LogP contribution in [0.3, 0.4) is 0 Å². The first-order valence-corrected chi connectivity index (χ1v) is 11.0. The average Bonchev–Trinajstić information content (AvgIpc) is 3.04. The van der Waals surface area contributed by atoms with E-state index in [9.17, 15) is 14.7 Å². The van der Waals surface area contributed by atoms with Crippen molar-refractivity contribution in [2.75, 3.05) is 12.0 Å². The maximum atomic E-state index is 13.3. The number of anilines is 1. The number of benzene rings is 3. The number of aryl methyl sites for hydroxylation is 2. The van der Waals surface area contributed by atoms with E-state index in [-0.39, 0.29) is 32.7 Å². The highest BCUT2D eigenvalue weighted by molar-refractivity contribution is 6.51. The predicted molar refractivity (Wildman–Crippen MR) is 130 cm³/mol. The van der Waals surface area contributed by atoms with Crippen molar-refractivity contribution < 1.29 is 19.4 Å². The Bertz CT molecular complexity index is 1270. The van der Waals surface area contributed by atoms with Crippen LogP contribution in [-0.2, 0) is 9.59 Å². The van der Waals surface area contributed by atoms with Crippen molar-refractivity contribution in [3.63, 3.8) is 0 Å². The quantitative estimate of drug-likeness (QED) is 0.271. The van der Waals surface area contributed by atoms with Crippen molar-refractivity contribution in [3.05, 3.63) is 98.5 Å². The second kappa shape index (κ2) is 8.93. The highest BCUT2D eigenvalue weighted by Gasteiger charge is 2.47. The Morgan fingerprint density at radius 2 is 1.58 bits per heavy atom. The molecule has 0 radical (unpaired) electrons. The minimum absolute atomic E-state index is 0.0350. The van der Waals surface area contributed by atoms with E-state index in [2.05, 4.69) is 0 Å². The lowest BCUT2D eigenvalue weighted by molar-refractivity contribution is -0.132. The van der Waals surface area contributed by atoms with E-state index < -0.39 is 17.7 Å². The third-order valence-corrected chi connectivity index (χ3v) is 6.28. The van der Waals surface area contributed by atoms with Crippen LogP contribution in [0.15, 0.2) is 66.2 Å². The molecule has 5 nitrogen and oxygen atoms in total. The maximum absolute atomic E-state index is 13.3. The van der Waals surface area contributed by atoms with Gasteiger partial charge in [-0.3, -0.25) is 14.5 Å². The summed E-state index contributed by atoms with van der Waals surface area (Å²) in [5, 5.41) is 11.6. The fourth-order valence-electron chi connectivity index (χ4n) is 4.04. The maximum Gasteiger partial charge on any atom is 0.300 e. The molecule has 1 aliphatic heterocycles. The number of methoxy groups -OCH3 is 1. The Labute approximate surface area is 201 Å². The number of Topliss-reactive ketones (excluding diaryl/α,β-unsaturated/α-hetero) is 1. The van der Waals surface area contributed by atoms with Crippen molar-refractivity contribution in [2.45, 2.75) is 19.9 Å². The Morgan fingerprint density at radius 3 is 2.15 bits per heavy atom. The number of hydrogen-bond donors (Lipinski definition) is 1. The molecule has 3 aromatic rings. The van der Waals surface area contributed by atoms with Crippen LogP contribution in [0.5, 0.6) is 5.75 Å². The lowest BCUT2D eigenvalue weighted by Gasteiger charge is -2.26. The number of carbonyl (C=O) groups excluding carboxylic acids is 2. The van der Waals surface area contributed by atoms with Gasteiger partial charge in [-0.1, -0.05) is 65.2 Å². The van der Waals surface area contributed by atoms with Crippen molar-refractivity contribution in [1.29, 1.82) is 0 Å². The SMILES string of the molecule is COc1c(Cl)cc(/C(O)=C2\C(=O)C(=O)N(c3ccc(C)cc3)C2c2ccccc2C)cc1Cl. The monoisotopic (exact) mass is 481 g/mol. The molecular weight excluding hydrogens is 461 g/mol. The number of amides is 1. The van der Waals surface area contributed by atoms with Gasteiger partial charge in [-0.05, 0) is 49.2 Å². The Morgan fingerprint density at radius 1 is 0.970 bits per heavy atom. The van der Waals surface area contributed by atoms with Crippen molar-refractivity contribution >= 4 is 46.3 Å². The first-order valence-electron chi connectivity index (χ1n) is 10.2. The summed E-state index contributed by atoms with van der Waals surface area (Å²) in [6.07, 6.45) is 0. The van der Waals surface area contributed by atoms with Crippen LogP contribution in [0.2, 0.25) is 10.0 Å². The first kappa shape index (κ1) is 22.9. The summed E-state index contributed by atoms with van der Waals surface area (Å²) in [7, 11) is 1.43. The van der Waals surface area contributed by atoms with Gasteiger partial charge in [0.25, 0.3) is 11.7 Å². The molecule has 1 atom stereocenters. The van der Waals surface area contributed by atoms with E-state index in [1.165, 1.54) is 24.1 Å². The molecule has 4 rings (SSSR count). The minimum Gasteiger partial charge on any atom is -0.507 e. The standard InChI is InChI=1S/C26H21Cl2NO4/c1-14-8-10-17(11-9-14)29-22(18-7-5-4-6-15(18)2)21(24(31)26(29)32)23(30)16-12-19(27)25(33-3)20(28)13-16/h4-13,22,30H,1-3H3/b23-21+. The smallest absolute Gasteiger partial charge is 0.300 e. The van der Waals surface area contributed by atoms with E-state index in [1.807, 2.05) is 50.2 Å². The molecule has 33 heavy (non-hydrogen) atoms. The van der Waals surface area contributed by atoms with E-state index >= 15 is 0 Å². The molecule has 1 saturated heterocycles. The van der Waals surface area contributed by atoms with Gasteiger partial charge in [-0.25, -0.2) is 0 Å². The van der Waals surface area contributed by atoms with E-state index in [4.69, 9.17) is 27.9 Å². The molecule has 3 aromatic carbocycles. The molecule has 0 bridgehead atoms. The van der Waals surface area contributed by atoms with Crippen LogP contribution in [0.1, 0.15) is 28.3 Å². The molecule has 0 aromatic heterocycles. The van der Waals surface area contributed by atoms with Crippen LogP contribution < -0.4 is 9.64 Å². The summed E-state index contributed by atoms with van der Waals surface area (Å²) >= 11 is 12.5. The topological polar surface area (TPSA) is 66.8 Å². The van der Waals surface area contributed by atoms with Gasteiger partial charge in [0.05, 0.1) is 28.8 Å². The number of halogens is 2. The number of nitrogens with zero attached hydrogens (tertiary/aromatic N) is 1. The summed E-state index contributed by atoms with van der Waals surface area (Å²) in [6.45, 7) is 3.83. The molecule has 1 unspecified atom stereocenters. The lowest BCUT2D eigenvalue weighted by atomic mass is 9.92. The lowest BCUT2D eigenvalue weighted by Crippen LogP contribution is -2.29. The number of aliphatic hydroxyl groups excluding tert-OH is 1. The Balaban J connectivity index is 1.98. The van der Waals surface area contributed by atoms with Crippen LogP contribution in [-0.4, -0.2) is 23.9 Å². The van der Waals surface area contributed by atoms with Gasteiger partial charge in [0.15, 0.2) is 5.75 Å². The zero-order valence-electron chi connectivity index (χ0n) is 18.2. The number of aliphatic hydroxyl groups is 1. The zero-order chi connectivity index (χ0) is 23.9. The van der Waals surface area contributed by atoms with Crippen LogP contribution >= 0.6 is 23.2 Å². The second-order valence-corrected chi connectivity index (χ2v) is 8.65. The highest BCUT2D eigenvalue weighted by atomic mass is 35.5. The fourth-order valence-corrected chi connectivity index (χ4v) is 4.68. The Hall–Kier alpha value is -3.28. The number of carbonyl (C=O) groups is 2. The highest BCUT2D eigenvalue weighted by Crippen LogP contribution is 2.44. The molecule has 1 aliphatic rings. The molecule has 1 amide bonds. The summed E-state index contributed by atoms with van der Waals surface area (Å²) in [6, 6.07) is 16.8. The molecule has 1 heterocycles. The molecule has 168 valence electrons. The first-order chi connectivity index (χ1) is 15.7. The zero-order valence-corrected chi connectivity index (χ0v) is 19.7. The van der Waals surface area contributed by atoms with Gasteiger partial charge in [-0.15, -0.1) is 0 Å². The summed E-state index contributed by atoms with van der Waals surface area (Å²) in [5.74, 6) is -1.61. The number of ether oxygens (including phenoxy) is 1. The van der Waals surface area contributed by atoms with Gasteiger partial charge in [0, 0.05) is 11.3 Å². The van der Waals surface area contributed by atoms with Crippen LogP contribution in [0.4, 0.5) is 5.69 Å². The van der Waals surface area contributed by atoms with E-state index in [1.54, 1.807) is 12.1 Å². The van der Waals surface area contributed by atoms with Crippen LogP contribution in [0, 0.1) is 13.8 Å². The summed E-state index contributed by atoms with van der Waals surface area (Å²) in [5.41, 5.74) is 3.35. The summed E-state index contributed by atoms with van der Waals surface area (Å²) < 4.78 is 5.17.